The van der Waals surface area contributed by atoms with Crippen molar-refractivity contribution in [3.8, 4) is 5.75 Å². The summed E-state index contributed by atoms with van der Waals surface area (Å²) in [5.41, 5.74) is -0.679. The average molecular weight is 322 g/mol. The summed E-state index contributed by atoms with van der Waals surface area (Å²) in [7, 11) is 0. The molecule has 0 aromatic heterocycles. The van der Waals surface area contributed by atoms with Gasteiger partial charge in [0.15, 0.2) is 24.0 Å². The molecule has 0 aliphatic rings. The zero-order chi connectivity index (χ0) is 16.9. The fourth-order valence-electron chi connectivity index (χ4n) is 1.50. The van der Waals surface area contributed by atoms with E-state index in [1.165, 1.54) is 6.92 Å². The summed E-state index contributed by atoms with van der Waals surface area (Å²) >= 11 is 0. The van der Waals surface area contributed by atoms with Crippen LogP contribution in [0.4, 0.5) is 17.6 Å². The van der Waals surface area contributed by atoms with Crippen LogP contribution < -0.4 is 4.74 Å². The zero-order valence-electron chi connectivity index (χ0n) is 11.9. The highest BCUT2D eigenvalue weighted by molar-refractivity contribution is 6.06. The highest BCUT2D eigenvalue weighted by atomic mass is 19.3. The molecule has 4 nitrogen and oxygen atoms in total. The highest BCUT2D eigenvalue weighted by Crippen LogP contribution is 2.25. The van der Waals surface area contributed by atoms with E-state index in [0.29, 0.717) is 6.92 Å². The third kappa shape index (κ3) is 5.01. The maximum atomic E-state index is 13.8. The first-order chi connectivity index (χ1) is 10.2. The molecule has 0 saturated carbocycles. The van der Waals surface area contributed by atoms with Gasteiger partial charge in [-0.05, 0) is 19.1 Å². The lowest BCUT2D eigenvalue weighted by molar-refractivity contribution is -0.141. The summed E-state index contributed by atoms with van der Waals surface area (Å²) in [6.45, 7) is 0.983. The number of ketones is 1. The second kappa shape index (κ2) is 7.24. The van der Waals surface area contributed by atoms with Gasteiger partial charge in [-0.1, -0.05) is 0 Å². The van der Waals surface area contributed by atoms with Crippen LogP contribution in [0, 0.1) is 11.6 Å². The second-order valence-electron chi connectivity index (χ2n) is 4.50. The van der Waals surface area contributed by atoms with Crippen molar-refractivity contribution in [2.45, 2.75) is 26.2 Å². The van der Waals surface area contributed by atoms with Crippen molar-refractivity contribution >= 4 is 11.8 Å². The number of hydrogen-bond donors (Lipinski definition) is 0. The Bertz CT molecular complexity index is 567. The number of carbonyl (C=O) groups excluding carboxylic acids is 2. The minimum absolute atomic E-state index is 0.0426. The van der Waals surface area contributed by atoms with Gasteiger partial charge in [0.2, 0.25) is 5.82 Å². The lowest BCUT2D eigenvalue weighted by Crippen LogP contribution is -2.21. The highest BCUT2D eigenvalue weighted by Gasteiger charge is 2.25. The van der Waals surface area contributed by atoms with Crippen LogP contribution in [0.3, 0.4) is 0 Å². The summed E-state index contributed by atoms with van der Waals surface area (Å²) < 4.78 is 61.6. The van der Waals surface area contributed by atoms with Crippen LogP contribution in [0.15, 0.2) is 12.1 Å². The van der Waals surface area contributed by atoms with Crippen molar-refractivity contribution in [2.75, 3.05) is 13.2 Å². The van der Waals surface area contributed by atoms with E-state index in [1.54, 1.807) is 0 Å². The average Bonchev–Trinajstić information content (AvgIpc) is 2.39. The molecular formula is C14H14F4O4. The van der Waals surface area contributed by atoms with E-state index in [4.69, 9.17) is 0 Å². The minimum Gasteiger partial charge on any atom is -0.484 e. The number of benzene rings is 1. The molecule has 0 bridgehead atoms. The Hall–Kier alpha value is -2.12. The Labute approximate surface area is 124 Å². The predicted octanol–water partition coefficient (Wildman–Crippen LogP) is 3.13. The zero-order valence-corrected chi connectivity index (χ0v) is 11.9. The van der Waals surface area contributed by atoms with E-state index >= 15 is 0 Å². The summed E-state index contributed by atoms with van der Waals surface area (Å²) in [6, 6.07) is 1.71. The van der Waals surface area contributed by atoms with Crippen LogP contribution in [0.25, 0.3) is 0 Å². The first-order valence-corrected chi connectivity index (χ1v) is 6.33. The number of Topliss-reactive ketones (excluding diaryl/α,β-unsaturated/α-hetero) is 1. The Morgan fingerprint density at radius 3 is 2.36 bits per heavy atom. The fraction of sp³-hybridized carbons (Fsp3) is 0.429. The van der Waals surface area contributed by atoms with Crippen LogP contribution in [-0.4, -0.2) is 30.9 Å². The van der Waals surface area contributed by atoms with Crippen molar-refractivity contribution < 1.29 is 36.6 Å². The number of carbonyl (C=O) groups is 2. The molecule has 1 aromatic rings. The Kier molecular flexibility index (Phi) is 5.90. The molecule has 0 aliphatic heterocycles. The first-order valence-electron chi connectivity index (χ1n) is 6.33. The van der Waals surface area contributed by atoms with E-state index in [2.05, 4.69) is 9.47 Å². The molecule has 0 aliphatic carbocycles. The Morgan fingerprint density at radius 1 is 1.18 bits per heavy atom. The molecule has 0 spiro atoms. The fourth-order valence-corrected chi connectivity index (χ4v) is 1.50. The van der Waals surface area contributed by atoms with Gasteiger partial charge in [0.05, 0.1) is 12.2 Å². The van der Waals surface area contributed by atoms with E-state index in [9.17, 15) is 27.2 Å². The molecule has 0 fully saturated rings. The van der Waals surface area contributed by atoms with Gasteiger partial charge in [-0.3, -0.25) is 9.59 Å². The molecular weight excluding hydrogens is 308 g/mol. The minimum atomic E-state index is -3.22. The SMILES string of the molecule is CCOC(=O)CC(=O)c1ccc(OCC(C)(F)F)c(F)c1F. The maximum absolute atomic E-state index is 13.8. The normalized spacial score (nSPS) is 11.2. The molecule has 122 valence electrons. The molecule has 1 aromatic carbocycles. The lowest BCUT2D eigenvalue weighted by Gasteiger charge is -2.13. The molecule has 0 amide bonds. The molecule has 0 atom stereocenters. The number of alkyl halides is 2. The van der Waals surface area contributed by atoms with Crippen LogP contribution in [0.2, 0.25) is 0 Å². The van der Waals surface area contributed by atoms with Crippen molar-refractivity contribution in [3.63, 3.8) is 0 Å². The number of ether oxygens (including phenoxy) is 2. The van der Waals surface area contributed by atoms with Gasteiger partial charge in [0, 0.05) is 6.92 Å². The van der Waals surface area contributed by atoms with Gasteiger partial charge in [0.1, 0.15) is 6.42 Å². The van der Waals surface area contributed by atoms with Crippen LogP contribution >= 0.6 is 0 Å². The number of esters is 1. The van der Waals surface area contributed by atoms with Gasteiger partial charge in [-0.25, -0.2) is 13.2 Å². The van der Waals surface area contributed by atoms with Crippen LogP contribution in [0.5, 0.6) is 5.75 Å². The summed E-state index contributed by atoms with van der Waals surface area (Å²) in [6.07, 6.45) is -0.753. The third-order valence-electron chi connectivity index (χ3n) is 2.44. The van der Waals surface area contributed by atoms with E-state index in [1.807, 2.05) is 0 Å². The van der Waals surface area contributed by atoms with Gasteiger partial charge < -0.3 is 9.47 Å². The molecule has 22 heavy (non-hydrogen) atoms. The standard InChI is InChI=1S/C14H14F4O4/c1-3-21-11(20)6-9(19)8-4-5-10(13(16)12(8)15)22-7-14(2,17)18/h4-5H,3,6-7H2,1-2H3. The quantitative estimate of drug-likeness (QED) is 0.335. The monoisotopic (exact) mass is 322 g/mol. The van der Waals surface area contributed by atoms with Crippen molar-refractivity contribution in [1.29, 1.82) is 0 Å². The van der Waals surface area contributed by atoms with E-state index < -0.39 is 53.7 Å². The summed E-state index contributed by atoms with van der Waals surface area (Å²) in [5.74, 6) is -8.96. The summed E-state index contributed by atoms with van der Waals surface area (Å²) in [5, 5.41) is 0. The Balaban J connectivity index is 2.90. The largest absolute Gasteiger partial charge is 0.484 e. The van der Waals surface area contributed by atoms with Gasteiger partial charge >= 0.3 is 5.97 Å². The molecule has 0 heterocycles. The van der Waals surface area contributed by atoms with Crippen LogP contribution in [0.1, 0.15) is 30.6 Å². The van der Waals surface area contributed by atoms with Crippen molar-refractivity contribution in [1.82, 2.24) is 0 Å². The van der Waals surface area contributed by atoms with Gasteiger partial charge in [-0.15, -0.1) is 0 Å². The van der Waals surface area contributed by atoms with Crippen LogP contribution in [-0.2, 0) is 9.53 Å². The van der Waals surface area contributed by atoms with Crippen molar-refractivity contribution in [3.05, 3.63) is 29.3 Å². The molecule has 1 rings (SSSR count). The second-order valence-corrected chi connectivity index (χ2v) is 4.50. The summed E-state index contributed by atoms with van der Waals surface area (Å²) in [4.78, 5) is 22.8. The third-order valence-corrected chi connectivity index (χ3v) is 2.44. The van der Waals surface area contributed by atoms with Gasteiger partial charge in [0.25, 0.3) is 5.92 Å². The van der Waals surface area contributed by atoms with Crippen molar-refractivity contribution in [2.24, 2.45) is 0 Å². The number of hydrogen-bond acceptors (Lipinski definition) is 4. The van der Waals surface area contributed by atoms with Gasteiger partial charge in [-0.2, -0.15) is 4.39 Å². The molecule has 0 unspecified atom stereocenters. The van der Waals surface area contributed by atoms with E-state index in [-0.39, 0.29) is 6.61 Å². The smallest absolute Gasteiger partial charge is 0.313 e. The molecule has 0 N–H and O–H groups in total. The predicted molar refractivity (Wildman–Crippen MR) is 68.1 cm³/mol. The topological polar surface area (TPSA) is 52.6 Å². The number of rotatable bonds is 7. The van der Waals surface area contributed by atoms with E-state index in [0.717, 1.165) is 12.1 Å². The number of halogens is 4. The Morgan fingerprint density at radius 2 is 1.82 bits per heavy atom. The molecule has 0 radical (unpaired) electrons. The lowest BCUT2D eigenvalue weighted by atomic mass is 10.1. The molecule has 8 heteroatoms. The first kappa shape index (κ1) is 17.9. The maximum Gasteiger partial charge on any atom is 0.313 e. The molecule has 0 saturated heterocycles.